The third-order valence-corrected chi connectivity index (χ3v) is 7.59. The van der Waals surface area contributed by atoms with Crippen molar-refractivity contribution in [1.82, 2.24) is 0 Å². The van der Waals surface area contributed by atoms with E-state index in [0.717, 1.165) is 19.3 Å². The molecule has 0 amide bonds. The highest BCUT2D eigenvalue weighted by Gasteiger charge is 2.61. The molecule has 0 bridgehead atoms. The number of allylic oxidation sites excluding steroid dienone is 4. The predicted octanol–water partition coefficient (Wildman–Crippen LogP) is 3.94. The maximum atomic E-state index is 10.4. The van der Waals surface area contributed by atoms with Gasteiger partial charge in [0, 0.05) is 11.8 Å². The van der Waals surface area contributed by atoms with Gasteiger partial charge >= 0.3 is 0 Å². The van der Waals surface area contributed by atoms with Crippen molar-refractivity contribution < 1.29 is 10.2 Å². The van der Waals surface area contributed by atoms with Gasteiger partial charge in [-0.3, -0.25) is 0 Å². The standard InChI is InChI=1S/C19H28O2/c1-17-10-4-3-5-13(17)6-7-14-15(17)8-11-18(2)16(14)9-12-19(18,20)21/h6-7,15-16,20-21H,3-5,8-12H2,1-2H3/t15-,16+,17+,18+/m1/s1. The van der Waals surface area contributed by atoms with Crippen LogP contribution in [-0.2, 0) is 0 Å². The lowest BCUT2D eigenvalue weighted by atomic mass is 9.51. The molecule has 4 atom stereocenters. The van der Waals surface area contributed by atoms with Crippen LogP contribution in [0.1, 0.15) is 65.2 Å². The van der Waals surface area contributed by atoms with Crippen LogP contribution in [0.4, 0.5) is 0 Å². The van der Waals surface area contributed by atoms with Crippen molar-refractivity contribution in [3.63, 3.8) is 0 Å². The molecule has 116 valence electrons. The molecule has 2 nitrogen and oxygen atoms in total. The number of fused-ring (bicyclic) bond motifs is 5. The van der Waals surface area contributed by atoms with E-state index in [1.165, 1.54) is 31.3 Å². The Labute approximate surface area is 127 Å². The molecule has 3 fully saturated rings. The smallest absolute Gasteiger partial charge is 0.168 e. The van der Waals surface area contributed by atoms with Gasteiger partial charge in [0.25, 0.3) is 0 Å². The second-order valence-corrected chi connectivity index (χ2v) is 8.40. The summed E-state index contributed by atoms with van der Waals surface area (Å²) in [4.78, 5) is 0. The minimum atomic E-state index is -1.47. The molecule has 0 aromatic heterocycles. The Kier molecular flexibility index (Phi) is 2.83. The Bertz CT molecular complexity index is 530. The van der Waals surface area contributed by atoms with E-state index >= 15 is 0 Å². The quantitative estimate of drug-likeness (QED) is 0.663. The maximum absolute atomic E-state index is 10.4. The van der Waals surface area contributed by atoms with E-state index < -0.39 is 5.79 Å². The van der Waals surface area contributed by atoms with Crippen LogP contribution in [0.15, 0.2) is 23.3 Å². The molecule has 0 aromatic rings. The van der Waals surface area contributed by atoms with Crippen LogP contribution in [0.25, 0.3) is 0 Å². The van der Waals surface area contributed by atoms with Crippen molar-refractivity contribution in [2.45, 2.75) is 71.0 Å². The fourth-order valence-electron chi connectivity index (χ4n) is 6.03. The number of hydrogen-bond donors (Lipinski definition) is 2. The van der Waals surface area contributed by atoms with Crippen LogP contribution in [0.5, 0.6) is 0 Å². The largest absolute Gasteiger partial charge is 0.365 e. The van der Waals surface area contributed by atoms with Crippen LogP contribution in [-0.4, -0.2) is 16.0 Å². The van der Waals surface area contributed by atoms with Crippen LogP contribution >= 0.6 is 0 Å². The molecule has 0 aliphatic heterocycles. The van der Waals surface area contributed by atoms with Gasteiger partial charge in [-0.2, -0.15) is 0 Å². The molecular weight excluding hydrogens is 260 g/mol. The Morgan fingerprint density at radius 2 is 1.71 bits per heavy atom. The molecule has 2 N–H and O–H groups in total. The molecule has 0 heterocycles. The molecule has 2 heteroatoms. The zero-order valence-electron chi connectivity index (χ0n) is 13.4. The first-order chi connectivity index (χ1) is 9.88. The summed E-state index contributed by atoms with van der Waals surface area (Å²) < 4.78 is 0. The van der Waals surface area contributed by atoms with Gasteiger partial charge in [0.2, 0.25) is 0 Å². The van der Waals surface area contributed by atoms with Gasteiger partial charge in [0.05, 0.1) is 0 Å². The third-order valence-electron chi connectivity index (χ3n) is 7.59. The average Bonchev–Trinajstić information content (AvgIpc) is 2.69. The number of hydrogen-bond acceptors (Lipinski definition) is 2. The van der Waals surface area contributed by atoms with E-state index in [1.807, 2.05) is 0 Å². The maximum Gasteiger partial charge on any atom is 0.168 e. The number of rotatable bonds is 0. The molecule has 0 unspecified atom stereocenters. The Hall–Kier alpha value is -0.600. The zero-order valence-corrected chi connectivity index (χ0v) is 13.4. The van der Waals surface area contributed by atoms with Crippen molar-refractivity contribution >= 4 is 0 Å². The first-order valence-corrected chi connectivity index (χ1v) is 8.74. The topological polar surface area (TPSA) is 40.5 Å². The second-order valence-electron chi connectivity index (χ2n) is 8.40. The van der Waals surface area contributed by atoms with E-state index in [1.54, 1.807) is 5.57 Å². The van der Waals surface area contributed by atoms with Gasteiger partial charge in [0.1, 0.15) is 0 Å². The highest BCUT2D eigenvalue weighted by Crippen LogP contribution is 2.65. The van der Waals surface area contributed by atoms with Crippen molar-refractivity contribution in [1.29, 1.82) is 0 Å². The summed E-state index contributed by atoms with van der Waals surface area (Å²) in [6, 6.07) is 0. The van der Waals surface area contributed by atoms with Gasteiger partial charge < -0.3 is 10.2 Å². The fourth-order valence-corrected chi connectivity index (χ4v) is 6.03. The summed E-state index contributed by atoms with van der Waals surface area (Å²) in [5.41, 5.74) is 3.19. The highest BCUT2D eigenvalue weighted by molar-refractivity contribution is 5.38. The molecule has 0 spiro atoms. The fraction of sp³-hybridized carbons (Fsp3) is 0.789. The van der Waals surface area contributed by atoms with Crippen molar-refractivity contribution in [3.8, 4) is 0 Å². The first kappa shape index (κ1) is 14.0. The van der Waals surface area contributed by atoms with Crippen LogP contribution in [0.3, 0.4) is 0 Å². The normalized spacial score (nSPS) is 47.8. The predicted molar refractivity (Wildman–Crippen MR) is 83.5 cm³/mol. The van der Waals surface area contributed by atoms with Crippen molar-refractivity contribution in [2.24, 2.45) is 22.7 Å². The SMILES string of the molecule is C[C@]12CCCCC1=CC=C1[C@H]2CC[C@@]2(C)[C@H]1CCC2(O)O. The van der Waals surface area contributed by atoms with E-state index in [0.29, 0.717) is 23.7 Å². The molecule has 4 rings (SSSR count). The first-order valence-electron chi connectivity index (χ1n) is 8.74. The van der Waals surface area contributed by atoms with Crippen molar-refractivity contribution in [2.75, 3.05) is 0 Å². The molecule has 21 heavy (non-hydrogen) atoms. The van der Waals surface area contributed by atoms with Gasteiger partial charge in [0.15, 0.2) is 5.79 Å². The summed E-state index contributed by atoms with van der Waals surface area (Å²) in [6.07, 6.45) is 13.6. The Balaban J connectivity index is 1.76. The Morgan fingerprint density at radius 3 is 2.52 bits per heavy atom. The molecule has 0 saturated heterocycles. The highest BCUT2D eigenvalue weighted by atomic mass is 16.5. The van der Waals surface area contributed by atoms with Gasteiger partial charge in [-0.1, -0.05) is 43.6 Å². The zero-order chi connectivity index (χ0) is 14.9. The van der Waals surface area contributed by atoms with Crippen LogP contribution in [0, 0.1) is 22.7 Å². The van der Waals surface area contributed by atoms with Gasteiger partial charge in [-0.25, -0.2) is 0 Å². The molecule has 3 saturated carbocycles. The monoisotopic (exact) mass is 288 g/mol. The minimum Gasteiger partial charge on any atom is -0.365 e. The summed E-state index contributed by atoms with van der Waals surface area (Å²) in [6.45, 7) is 4.57. The lowest BCUT2D eigenvalue weighted by molar-refractivity contribution is -0.234. The van der Waals surface area contributed by atoms with E-state index in [4.69, 9.17) is 0 Å². The van der Waals surface area contributed by atoms with E-state index in [-0.39, 0.29) is 5.41 Å². The Morgan fingerprint density at radius 1 is 0.952 bits per heavy atom. The third kappa shape index (κ3) is 1.66. The molecule has 4 aliphatic rings. The number of aliphatic hydroxyl groups is 2. The summed E-state index contributed by atoms with van der Waals surface area (Å²) in [5.74, 6) is -0.464. The van der Waals surface area contributed by atoms with Gasteiger partial charge in [-0.05, 0) is 55.8 Å². The lowest BCUT2D eigenvalue weighted by Crippen LogP contribution is -2.51. The van der Waals surface area contributed by atoms with E-state index in [9.17, 15) is 10.2 Å². The molecule has 0 aromatic carbocycles. The minimum absolute atomic E-state index is 0.342. The summed E-state index contributed by atoms with van der Waals surface area (Å²) in [7, 11) is 0. The van der Waals surface area contributed by atoms with Crippen LogP contribution in [0.2, 0.25) is 0 Å². The molecule has 4 aliphatic carbocycles. The van der Waals surface area contributed by atoms with Crippen molar-refractivity contribution in [3.05, 3.63) is 23.3 Å². The van der Waals surface area contributed by atoms with Crippen LogP contribution < -0.4 is 0 Å². The molecule has 0 radical (unpaired) electrons. The second kappa shape index (κ2) is 4.23. The van der Waals surface area contributed by atoms with Gasteiger partial charge in [-0.15, -0.1) is 0 Å². The molecular formula is C19H28O2. The summed E-state index contributed by atoms with van der Waals surface area (Å²) in [5, 5.41) is 20.9. The lowest BCUT2D eigenvalue weighted by Gasteiger charge is -2.54. The summed E-state index contributed by atoms with van der Waals surface area (Å²) >= 11 is 0. The van der Waals surface area contributed by atoms with E-state index in [2.05, 4.69) is 26.0 Å². The average molecular weight is 288 g/mol.